The van der Waals surface area contributed by atoms with Gasteiger partial charge in [-0.15, -0.1) is 0 Å². The first-order valence-electron chi connectivity index (χ1n) is 6.62. The summed E-state index contributed by atoms with van der Waals surface area (Å²) in [5.41, 5.74) is 3.21. The summed E-state index contributed by atoms with van der Waals surface area (Å²) >= 11 is 3.63. The fraction of sp³-hybridized carbons (Fsp3) is 0.333. The molecule has 4 rings (SSSR count). The van der Waals surface area contributed by atoms with Crippen molar-refractivity contribution in [1.82, 2.24) is 5.32 Å². The van der Waals surface area contributed by atoms with Crippen molar-refractivity contribution in [2.75, 3.05) is 13.1 Å². The van der Waals surface area contributed by atoms with Gasteiger partial charge in [-0.1, -0.05) is 0 Å². The molecular weight excluding hydrogens is 306 g/mol. The van der Waals surface area contributed by atoms with Crippen LogP contribution in [0.3, 0.4) is 0 Å². The average Bonchev–Trinajstić information content (AvgIpc) is 3.09. The topological polar surface area (TPSA) is 38.3 Å². The maximum atomic E-state index is 5.76. The van der Waals surface area contributed by atoms with Crippen LogP contribution in [0.2, 0.25) is 0 Å². The molecule has 0 aliphatic carbocycles. The van der Waals surface area contributed by atoms with Gasteiger partial charge >= 0.3 is 0 Å². The lowest BCUT2D eigenvalue weighted by atomic mass is 9.88. The van der Waals surface area contributed by atoms with Gasteiger partial charge in [-0.05, 0) is 47.4 Å². The van der Waals surface area contributed by atoms with Crippen molar-refractivity contribution in [3.63, 3.8) is 0 Å². The highest BCUT2D eigenvalue weighted by Crippen LogP contribution is 2.42. The number of piperidine rings is 1. The summed E-state index contributed by atoms with van der Waals surface area (Å²) < 4.78 is 12.4. The number of furan rings is 2. The average molecular weight is 320 g/mol. The van der Waals surface area contributed by atoms with Crippen LogP contribution in [0.5, 0.6) is 0 Å². The predicted octanol–water partition coefficient (Wildman–Crippen LogP) is 4.41. The third kappa shape index (κ3) is 1.66. The number of nitrogens with one attached hydrogen (secondary N) is 1. The summed E-state index contributed by atoms with van der Waals surface area (Å²) in [6.45, 7) is 2.13. The molecule has 98 valence electrons. The summed E-state index contributed by atoms with van der Waals surface area (Å²) in [4.78, 5) is 0. The second kappa shape index (κ2) is 4.39. The van der Waals surface area contributed by atoms with Crippen molar-refractivity contribution in [3.8, 4) is 0 Å². The number of halogens is 1. The molecule has 1 atom stereocenters. The van der Waals surface area contributed by atoms with Crippen LogP contribution in [0.15, 0.2) is 38.0 Å². The van der Waals surface area contributed by atoms with E-state index >= 15 is 0 Å². The van der Waals surface area contributed by atoms with Gasteiger partial charge in [-0.25, -0.2) is 0 Å². The molecule has 2 aromatic heterocycles. The summed E-state index contributed by atoms with van der Waals surface area (Å²) in [6.07, 6.45) is 5.93. The highest BCUT2D eigenvalue weighted by atomic mass is 79.9. The predicted molar refractivity (Wildman–Crippen MR) is 78.5 cm³/mol. The molecule has 1 unspecified atom stereocenters. The number of hydrogen-bond acceptors (Lipinski definition) is 3. The van der Waals surface area contributed by atoms with Crippen LogP contribution in [0.25, 0.3) is 21.9 Å². The van der Waals surface area contributed by atoms with Crippen LogP contribution in [0.4, 0.5) is 0 Å². The van der Waals surface area contributed by atoms with Gasteiger partial charge in [0.2, 0.25) is 0 Å². The fourth-order valence-electron chi connectivity index (χ4n) is 3.13. The quantitative estimate of drug-likeness (QED) is 0.722. The van der Waals surface area contributed by atoms with Gasteiger partial charge in [-0.3, -0.25) is 0 Å². The highest BCUT2D eigenvalue weighted by Gasteiger charge is 2.24. The van der Waals surface area contributed by atoms with Crippen LogP contribution >= 0.6 is 15.9 Å². The van der Waals surface area contributed by atoms with Crippen molar-refractivity contribution in [1.29, 1.82) is 0 Å². The molecule has 1 fully saturated rings. The van der Waals surface area contributed by atoms with Gasteiger partial charge < -0.3 is 14.2 Å². The number of benzene rings is 1. The van der Waals surface area contributed by atoms with Gasteiger partial charge in [0.05, 0.1) is 17.0 Å². The molecule has 0 radical (unpaired) electrons. The zero-order valence-corrected chi connectivity index (χ0v) is 12.0. The molecule has 3 nitrogen and oxygen atoms in total. The van der Waals surface area contributed by atoms with E-state index in [4.69, 9.17) is 8.83 Å². The minimum Gasteiger partial charge on any atom is -0.464 e. The van der Waals surface area contributed by atoms with Gasteiger partial charge in [-0.2, -0.15) is 0 Å². The molecule has 0 spiro atoms. The molecule has 1 aliphatic heterocycles. The number of fused-ring (bicyclic) bond motifs is 2. The third-order valence-corrected chi connectivity index (χ3v) is 4.79. The first-order valence-corrected chi connectivity index (χ1v) is 7.42. The van der Waals surface area contributed by atoms with Crippen molar-refractivity contribution in [3.05, 3.63) is 34.7 Å². The van der Waals surface area contributed by atoms with E-state index in [0.717, 1.165) is 34.1 Å². The Kier molecular flexibility index (Phi) is 2.67. The third-order valence-electron chi connectivity index (χ3n) is 4.01. The van der Waals surface area contributed by atoms with Gasteiger partial charge in [0.15, 0.2) is 0 Å². The summed E-state index contributed by atoms with van der Waals surface area (Å²) in [6, 6.07) is 4.05. The second-order valence-corrected chi connectivity index (χ2v) is 5.89. The zero-order valence-electron chi connectivity index (χ0n) is 10.4. The summed E-state index contributed by atoms with van der Waals surface area (Å²) in [5.74, 6) is 0.496. The van der Waals surface area contributed by atoms with E-state index in [0.29, 0.717) is 5.92 Å². The molecule has 1 aliphatic rings. The largest absolute Gasteiger partial charge is 0.464 e. The fourth-order valence-corrected chi connectivity index (χ4v) is 3.75. The molecule has 3 aromatic rings. The molecule has 1 saturated heterocycles. The van der Waals surface area contributed by atoms with E-state index in [1.807, 2.05) is 12.1 Å². The lowest BCUT2D eigenvalue weighted by molar-refractivity contribution is 0.460. The monoisotopic (exact) mass is 319 g/mol. The smallest absolute Gasteiger partial charge is 0.149 e. The van der Waals surface area contributed by atoms with E-state index in [1.54, 1.807) is 12.5 Å². The van der Waals surface area contributed by atoms with E-state index < -0.39 is 0 Å². The van der Waals surface area contributed by atoms with Crippen molar-refractivity contribution in [2.45, 2.75) is 18.8 Å². The van der Waals surface area contributed by atoms with Crippen molar-refractivity contribution < 1.29 is 8.83 Å². The maximum absolute atomic E-state index is 5.76. The van der Waals surface area contributed by atoms with Gasteiger partial charge in [0, 0.05) is 28.8 Å². The van der Waals surface area contributed by atoms with Crippen molar-refractivity contribution in [2.24, 2.45) is 0 Å². The van der Waals surface area contributed by atoms with Crippen LogP contribution in [-0.4, -0.2) is 13.1 Å². The van der Waals surface area contributed by atoms with Crippen LogP contribution in [0, 0.1) is 0 Å². The number of hydrogen-bond donors (Lipinski definition) is 1. The van der Waals surface area contributed by atoms with E-state index in [9.17, 15) is 0 Å². The molecule has 1 N–H and O–H groups in total. The van der Waals surface area contributed by atoms with Gasteiger partial charge in [0.1, 0.15) is 11.2 Å². The van der Waals surface area contributed by atoms with Crippen LogP contribution in [-0.2, 0) is 0 Å². The first kappa shape index (κ1) is 11.6. The Morgan fingerprint density at radius 2 is 1.89 bits per heavy atom. The Hall–Kier alpha value is -1.26. The molecule has 4 heteroatoms. The molecule has 1 aromatic carbocycles. The Balaban J connectivity index is 2.06. The van der Waals surface area contributed by atoms with Crippen LogP contribution in [0.1, 0.15) is 24.3 Å². The summed E-state index contributed by atoms with van der Waals surface area (Å²) in [5, 5.41) is 5.75. The Labute approximate surface area is 119 Å². The molecule has 0 amide bonds. The molecule has 0 saturated carbocycles. The minimum absolute atomic E-state index is 0.496. The number of rotatable bonds is 1. The van der Waals surface area contributed by atoms with E-state index in [2.05, 4.69) is 21.2 Å². The molecule has 3 heterocycles. The standard InChI is InChI=1S/C15H14BrNO2/c16-13-11-4-7-18-14(11)12(9-2-1-5-17-8-9)10-3-6-19-15(10)13/h3-4,6-7,9,17H,1-2,5,8H2. The maximum Gasteiger partial charge on any atom is 0.149 e. The highest BCUT2D eigenvalue weighted by molar-refractivity contribution is 9.10. The van der Waals surface area contributed by atoms with Crippen LogP contribution < -0.4 is 5.32 Å². The molecule has 0 bridgehead atoms. The zero-order chi connectivity index (χ0) is 12.8. The van der Waals surface area contributed by atoms with Crippen molar-refractivity contribution >= 4 is 37.9 Å². The first-order chi connectivity index (χ1) is 9.36. The Bertz CT molecular complexity index is 685. The SMILES string of the molecule is Brc1c2ccoc2c(C2CCCNC2)c2ccoc12. The Morgan fingerprint density at radius 1 is 1.11 bits per heavy atom. The minimum atomic E-state index is 0.496. The molecule has 19 heavy (non-hydrogen) atoms. The van der Waals surface area contributed by atoms with E-state index in [-0.39, 0.29) is 0 Å². The van der Waals surface area contributed by atoms with E-state index in [1.165, 1.54) is 23.8 Å². The molecular formula is C15H14BrNO2. The lowest BCUT2D eigenvalue weighted by Crippen LogP contribution is -2.28. The Morgan fingerprint density at radius 3 is 2.68 bits per heavy atom. The lowest BCUT2D eigenvalue weighted by Gasteiger charge is -2.24. The normalized spacial score (nSPS) is 20.4. The second-order valence-electron chi connectivity index (χ2n) is 5.10. The van der Waals surface area contributed by atoms with Gasteiger partial charge in [0.25, 0.3) is 0 Å². The summed E-state index contributed by atoms with van der Waals surface area (Å²) in [7, 11) is 0.